The first kappa shape index (κ1) is 16.2. The molecule has 3 aromatic rings. The van der Waals surface area contributed by atoms with Crippen LogP contribution in [0.15, 0.2) is 47.2 Å². The number of hydrogen-bond donors (Lipinski definition) is 2. The monoisotopic (exact) mass is 387 g/mol. The summed E-state index contributed by atoms with van der Waals surface area (Å²) in [6, 6.07) is 10.9. The molecule has 0 spiro atoms. The zero-order valence-corrected chi connectivity index (χ0v) is 14.4. The van der Waals surface area contributed by atoms with Gasteiger partial charge in [0.15, 0.2) is 11.4 Å². The Morgan fingerprint density at radius 2 is 2.17 bits per heavy atom. The van der Waals surface area contributed by atoms with Crippen LogP contribution in [0.2, 0.25) is 0 Å². The van der Waals surface area contributed by atoms with Crippen LogP contribution in [-0.2, 0) is 6.54 Å². The molecule has 0 aliphatic rings. The van der Waals surface area contributed by atoms with E-state index in [2.05, 4.69) is 31.2 Å². The van der Waals surface area contributed by atoms with Crippen LogP contribution in [0.5, 0.6) is 11.5 Å². The summed E-state index contributed by atoms with van der Waals surface area (Å²) in [5, 5.41) is 13.7. The average Bonchev–Trinajstić information content (AvgIpc) is 2.63. The maximum Gasteiger partial charge on any atom is 0.274 e. The first-order chi connectivity index (χ1) is 11.6. The Kier molecular flexibility index (Phi) is 4.61. The molecule has 2 N–H and O–H groups in total. The van der Waals surface area contributed by atoms with E-state index in [0.29, 0.717) is 21.3 Å². The third kappa shape index (κ3) is 3.16. The molecule has 0 aliphatic carbocycles. The molecule has 0 bridgehead atoms. The van der Waals surface area contributed by atoms with E-state index in [0.717, 1.165) is 5.56 Å². The van der Waals surface area contributed by atoms with Gasteiger partial charge in [-0.05, 0) is 45.8 Å². The minimum absolute atomic E-state index is 0.0732. The quantitative estimate of drug-likeness (QED) is 0.672. The number of nitrogens with one attached hydrogen (secondary N) is 1. The molecule has 1 amide bonds. The highest BCUT2D eigenvalue weighted by Gasteiger charge is 2.18. The van der Waals surface area contributed by atoms with Crippen LogP contribution >= 0.6 is 15.9 Å². The predicted octanol–water partition coefficient (Wildman–Crippen LogP) is 3.04. The van der Waals surface area contributed by atoms with Crippen molar-refractivity contribution < 1.29 is 14.6 Å². The van der Waals surface area contributed by atoms with Crippen molar-refractivity contribution in [1.82, 2.24) is 15.3 Å². The molecule has 1 aromatic carbocycles. The van der Waals surface area contributed by atoms with Crippen LogP contribution in [0.25, 0.3) is 10.9 Å². The highest BCUT2D eigenvalue weighted by Crippen LogP contribution is 2.30. The summed E-state index contributed by atoms with van der Waals surface area (Å²) < 4.78 is 5.60. The Balaban J connectivity index is 1.85. The predicted molar refractivity (Wildman–Crippen MR) is 93.1 cm³/mol. The molecule has 122 valence electrons. The lowest BCUT2D eigenvalue weighted by Gasteiger charge is -2.09. The number of fused-ring (bicyclic) bond motifs is 1. The molecule has 7 heteroatoms. The van der Waals surface area contributed by atoms with Crippen molar-refractivity contribution in [2.75, 3.05) is 7.11 Å². The van der Waals surface area contributed by atoms with Gasteiger partial charge in [-0.15, -0.1) is 0 Å². The van der Waals surface area contributed by atoms with Crippen LogP contribution in [-0.4, -0.2) is 28.1 Å². The summed E-state index contributed by atoms with van der Waals surface area (Å²) in [6.45, 7) is 0.287. The lowest BCUT2D eigenvalue weighted by molar-refractivity contribution is 0.0943. The van der Waals surface area contributed by atoms with Gasteiger partial charge in [0.2, 0.25) is 0 Å². The first-order valence-corrected chi connectivity index (χ1v) is 7.93. The number of pyridine rings is 2. The topological polar surface area (TPSA) is 84.3 Å². The minimum Gasteiger partial charge on any atom is -0.504 e. The Morgan fingerprint density at radius 3 is 2.96 bits per heavy atom. The number of halogens is 1. The van der Waals surface area contributed by atoms with Gasteiger partial charge in [0.05, 0.1) is 7.11 Å². The Morgan fingerprint density at radius 1 is 1.33 bits per heavy atom. The van der Waals surface area contributed by atoms with Crippen molar-refractivity contribution in [3.05, 3.63) is 58.5 Å². The van der Waals surface area contributed by atoms with Crippen molar-refractivity contribution in [3.8, 4) is 11.5 Å². The third-order valence-corrected chi connectivity index (χ3v) is 4.10. The zero-order valence-electron chi connectivity index (χ0n) is 12.8. The molecule has 24 heavy (non-hydrogen) atoms. The van der Waals surface area contributed by atoms with Gasteiger partial charge in [0.25, 0.3) is 5.91 Å². The molecule has 0 fully saturated rings. The minimum atomic E-state index is -0.483. The van der Waals surface area contributed by atoms with Crippen molar-refractivity contribution >= 4 is 32.7 Å². The molecular weight excluding hydrogens is 374 g/mol. The Hall–Kier alpha value is -2.67. The molecular formula is C17H14BrN3O3. The van der Waals surface area contributed by atoms with Gasteiger partial charge in [-0.25, -0.2) is 4.98 Å². The maximum atomic E-state index is 12.4. The average molecular weight is 388 g/mol. The number of benzene rings is 1. The largest absolute Gasteiger partial charge is 0.504 e. The van der Waals surface area contributed by atoms with E-state index in [-0.39, 0.29) is 18.0 Å². The molecule has 0 unspecified atom stereocenters. The van der Waals surface area contributed by atoms with Gasteiger partial charge >= 0.3 is 0 Å². The van der Waals surface area contributed by atoms with E-state index < -0.39 is 5.91 Å². The molecule has 2 heterocycles. The highest BCUT2D eigenvalue weighted by molar-refractivity contribution is 9.10. The molecule has 3 rings (SSSR count). The number of aromatic nitrogens is 2. The Labute approximate surface area is 146 Å². The molecule has 0 atom stereocenters. The molecule has 0 radical (unpaired) electrons. The van der Waals surface area contributed by atoms with Crippen LogP contribution in [0, 0.1) is 0 Å². The second-order valence-electron chi connectivity index (χ2n) is 5.03. The molecule has 0 saturated heterocycles. The maximum absolute atomic E-state index is 12.4. The second kappa shape index (κ2) is 6.84. The number of aromatic hydroxyl groups is 1. The van der Waals surface area contributed by atoms with Gasteiger partial charge in [-0.1, -0.05) is 12.1 Å². The number of hydrogen-bond acceptors (Lipinski definition) is 5. The summed E-state index contributed by atoms with van der Waals surface area (Å²) in [4.78, 5) is 20.6. The van der Waals surface area contributed by atoms with E-state index >= 15 is 0 Å². The van der Waals surface area contributed by atoms with Gasteiger partial charge < -0.3 is 15.2 Å². The van der Waals surface area contributed by atoms with Crippen LogP contribution in [0.1, 0.15) is 16.1 Å². The molecule has 2 aromatic heterocycles. The fourth-order valence-corrected chi connectivity index (χ4v) is 2.79. The summed E-state index contributed by atoms with van der Waals surface area (Å²) >= 11 is 3.31. The van der Waals surface area contributed by atoms with E-state index in [9.17, 15) is 9.90 Å². The van der Waals surface area contributed by atoms with Gasteiger partial charge in [-0.2, -0.15) is 0 Å². The van der Waals surface area contributed by atoms with E-state index in [4.69, 9.17) is 4.74 Å². The summed E-state index contributed by atoms with van der Waals surface area (Å²) in [6.07, 6.45) is 1.55. The number of amides is 1. The van der Waals surface area contributed by atoms with Crippen LogP contribution in [0.4, 0.5) is 0 Å². The van der Waals surface area contributed by atoms with E-state index in [1.165, 1.54) is 0 Å². The standard InChI is InChI=1S/C17H14BrN3O3/c1-24-11-5-2-4-10(8-11)9-20-17(23)14-15(22)13-12(16(18)21-14)6-3-7-19-13/h2-8,22H,9H2,1H3,(H,20,23). The lowest BCUT2D eigenvalue weighted by atomic mass is 10.2. The first-order valence-electron chi connectivity index (χ1n) is 7.14. The molecule has 0 aliphatic heterocycles. The van der Waals surface area contributed by atoms with Crippen LogP contribution in [0.3, 0.4) is 0 Å². The van der Waals surface area contributed by atoms with Crippen molar-refractivity contribution in [2.45, 2.75) is 6.54 Å². The number of nitrogens with zero attached hydrogens (tertiary/aromatic N) is 2. The summed E-state index contributed by atoms with van der Waals surface area (Å²) in [5.41, 5.74) is 1.13. The number of ether oxygens (including phenoxy) is 1. The summed E-state index contributed by atoms with van der Waals surface area (Å²) in [5.74, 6) is -0.0131. The van der Waals surface area contributed by atoms with Gasteiger partial charge in [-0.3, -0.25) is 9.78 Å². The van der Waals surface area contributed by atoms with E-state index in [1.807, 2.05) is 24.3 Å². The number of carbonyl (C=O) groups is 1. The van der Waals surface area contributed by atoms with Crippen molar-refractivity contribution in [1.29, 1.82) is 0 Å². The third-order valence-electron chi connectivity index (χ3n) is 3.49. The fraction of sp³-hybridized carbons (Fsp3) is 0.118. The summed E-state index contributed by atoms with van der Waals surface area (Å²) in [7, 11) is 1.58. The number of rotatable bonds is 4. The van der Waals surface area contributed by atoms with E-state index in [1.54, 1.807) is 25.4 Å². The van der Waals surface area contributed by atoms with Crippen molar-refractivity contribution in [3.63, 3.8) is 0 Å². The van der Waals surface area contributed by atoms with Gasteiger partial charge in [0, 0.05) is 18.1 Å². The normalized spacial score (nSPS) is 10.6. The zero-order chi connectivity index (χ0) is 17.1. The highest BCUT2D eigenvalue weighted by atomic mass is 79.9. The lowest BCUT2D eigenvalue weighted by Crippen LogP contribution is -2.24. The molecule has 6 nitrogen and oxygen atoms in total. The number of methoxy groups -OCH3 is 1. The number of carbonyl (C=O) groups excluding carboxylic acids is 1. The molecule has 0 saturated carbocycles. The fourth-order valence-electron chi connectivity index (χ4n) is 2.29. The van der Waals surface area contributed by atoms with Gasteiger partial charge in [0.1, 0.15) is 15.9 Å². The SMILES string of the molecule is COc1cccc(CNC(=O)c2nc(Br)c3cccnc3c2O)c1. The smallest absolute Gasteiger partial charge is 0.274 e. The Bertz CT molecular complexity index is 915. The van der Waals surface area contributed by atoms with Crippen LogP contribution < -0.4 is 10.1 Å². The second-order valence-corrected chi connectivity index (χ2v) is 5.78. The van der Waals surface area contributed by atoms with Crippen molar-refractivity contribution in [2.24, 2.45) is 0 Å².